The smallest absolute Gasteiger partial charge is 0.329 e. The normalized spacial score (nSPS) is 11.4. The van der Waals surface area contributed by atoms with Gasteiger partial charge in [0.15, 0.2) is 0 Å². The van der Waals surface area contributed by atoms with E-state index in [2.05, 4.69) is 16.0 Å². The SMILES string of the molecule is C#CC[C@H](NC(=O)c1cccc2ccccc12)C(=O)OC. The fourth-order valence-corrected chi connectivity index (χ4v) is 2.11. The van der Waals surface area contributed by atoms with Crippen molar-refractivity contribution < 1.29 is 14.3 Å². The van der Waals surface area contributed by atoms with Crippen LogP contribution in [-0.4, -0.2) is 25.0 Å². The molecule has 1 atom stereocenters. The molecule has 0 bridgehead atoms. The Morgan fingerprint density at radius 1 is 1.24 bits per heavy atom. The third-order valence-electron chi connectivity index (χ3n) is 3.15. The van der Waals surface area contributed by atoms with Gasteiger partial charge in [-0.25, -0.2) is 4.79 Å². The first kappa shape index (κ1) is 14.6. The highest BCUT2D eigenvalue weighted by Crippen LogP contribution is 2.18. The minimum Gasteiger partial charge on any atom is -0.467 e. The van der Waals surface area contributed by atoms with Gasteiger partial charge in [0.25, 0.3) is 5.91 Å². The molecule has 0 spiro atoms. The predicted molar refractivity (Wildman–Crippen MR) is 80.7 cm³/mol. The Balaban J connectivity index is 2.30. The average molecular weight is 281 g/mol. The number of fused-ring (bicyclic) bond motifs is 1. The lowest BCUT2D eigenvalue weighted by Gasteiger charge is -2.15. The summed E-state index contributed by atoms with van der Waals surface area (Å²) in [6, 6.07) is 12.1. The van der Waals surface area contributed by atoms with E-state index >= 15 is 0 Å². The second kappa shape index (κ2) is 6.58. The molecule has 4 nitrogen and oxygen atoms in total. The van der Waals surface area contributed by atoms with E-state index < -0.39 is 12.0 Å². The van der Waals surface area contributed by atoms with Crippen LogP contribution >= 0.6 is 0 Å². The molecule has 0 radical (unpaired) electrons. The molecule has 0 aliphatic carbocycles. The topological polar surface area (TPSA) is 55.4 Å². The second-order valence-corrected chi connectivity index (χ2v) is 4.48. The van der Waals surface area contributed by atoms with Crippen molar-refractivity contribution >= 4 is 22.6 Å². The molecule has 106 valence electrons. The van der Waals surface area contributed by atoms with Crippen LogP contribution in [0.25, 0.3) is 10.8 Å². The second-order valence-electron chi connectivity index (χ2n) is 4.48. The van der Waals surface area contributed by atoms with Crippen LogP contribution < -0.4 is 5.32 Å². The molecule has 0 unspecified atom stereocenters. The van der Waals surface area contributed by atoms with Crippen LogP contribution in [0.15, 0.2) is 42.5 Å². The molecule has 4 heteroatoms. The number of rotatable bonds is 4. The van der Waals surface area contributed by atoms with Crippen LogP contribution in [0.1, 0.15) is 16.8 Å². The van der Waals surface area contributed by atoms with E-state index in [1.165, 1.54) is 7.11 Å². The molecule has 21 heavy (non-hydrogen) atoms. The standard InChI is InChI=1S/C17H15NO3/c1-3-7-15(17(20)21-2)18-16(19)14-11-6-9-12-8-4-5-10-13(12)14/h1,4-6,8-11,15H,7H2,2H3,(H,18,19)/t15-/m0/s1. The summed E-state index contributed by atoms with van der Waals surface area (Å²) < 4.78 is 4.64. The van der Waals surface area contributed by atoms with Gasteiger partial charge >= 0.3 is 5.97 Å². The summed E-state index contributed by atoms with van der Waals surface area (Å²) in [5.74, 6) is 1.46. The maximum atomic E-state index is 12.4. The number of benzene rings is 2. The fraction of sp³-hybridized carbons (Fsp3) is 0.176. The summed E-state index contributed by atoms with van der Waals surface area (Å²) in [7, 11) is 1.26. The van der Waals surface area contributed by atoms with Crippen LogP contribution in [-0.2, 0) is 9.53 Å². The Hall–Kier alpha value is -2.80. The van der Waals surface area contributed by atoms with Gasteiger partial charge in [0.2, 0.25) is 0 Å². The Morgan fingerprint density at radius 2 is 1.95 bits per heavy atom. The maximum Gasteiger partial charge on any atom is 0.329 e. The quantitative estimate of drug-likeness (QED) is 0.690. The van der Waals surface area contributed by atoms with Gasteiger partial charge in [-0.1, -0.05) is 36.4 Å². The zero-order valence-corrected chi connectivity index (χ0v) is 11.6. The van der Waals surface area contributed by atoms with Crippen molar-refractivity contribution in [3.05, 3.63) is 48.0 Å². The van der Waals surface area contributed by atoms with Crippen molar-refractivity contribution in [3.8, 4) is 12.3 Å². The molecule has 1 N–H and O–H groups in total. The van der Waals surface area contributed by atoms with E-state index in [1.807, 2.05) is 30.3 Å². The minimum atomic E-state index is -0.841. The number of carbonyl (C=O) groups is 2. The molecular weight excluding hydrogens is 266 g/mol. The van der Waals surface area contributed by atoms with Crippen LogP contribution in [0, 0.1) is 12.3 Å². The number of hydrogen-bond donors (Lipinski definition) is 1. The molecule has 2 rings (SSSR count). The van der Waals surface area contributed by atoms with Crippen LogP contribution in [0.3, 0.4) is 0 Å². The Kier molecular flexibility index (Phi) is 4.57. The zero-order chi connectivity index (χ0) is 15.2. The molecule has 0 saturated carbocycles. The van der Waals surface area contributed by atoms with Crippen molar-refractivity contribution in [2.24, 2.45) is 0 Å². The maximum absolute atomic E-state index is 12.4. The van der Waals surface area contributed by atoms with Crippen molar-refractivity contribution in [1.82, 2.24) is 5.32 Å². The first-order valence-corrected chi connectivity index (χ1v) is 6.47. The Morgan fingerprint density at radius 3 is 2.67 bits per heavy atom. The summed E-state index contributed by atoms with van der Waals surface area (Å²) in [5.41, 5.74) is 0.499. The lowest BCUT2D eigenvalue weighted by molar-refractivity contribution is -0.142. The van der Waals surface area contributed by atoms with Gasteiger partial charge in [0.05, 0.1) is 7.11 Å². The summed E-state index contributed by atoms with van der Waals surface area (Å²) in [6.07, 6.45) is 5.30. The third kappa shape index (κ3) is 3.21. The van der Waals surface area contributed by atoms with Gasteiger partial charge in [0, 0.05) is 12.0 Å². The van der Waals surface area contributed by atoms with Crippen LogP contribution in [0.4, 0.5) is 0 Å². The number of carbonyl (C=O) groups excluding carboxylic acids is 2. The Labute approximate surface area is 123 Å². The van der Waals surface area contributed by atoms with Crippen LogP contribution in [0.2, 0.25) is 0 Å². The molecule has 0 aromatic heterocycles. The van der Waals surface area contributed by atoms with Crippen molar-refractivity contribution in [2.45, 2.75) is 12.5 Å². The molecule has 0 fully saturated rings. The molecule has 0 aliphatic rings. The minimum absolute atomic E-state index is 0.0865. The average Bonchev–Trinajstić information content (AvgIpc) is 2.53. The van der Waals surface area contributed by atoms with Gasteiger partial charge in [-0.2, -0.15) is 0 Å². The van der Waals surface area contributed by atoms with E-state index in [-0.39, 0.29) is 12.3 Å². The lowest BCUT2D eigenvalue weighted by atomic mass is 10.0. The largest absolute Gasteiger partial charge is 0.467 e. The molecule has 2 aromatic rings. The number of ether oxygens (including phenoxy) is 1. The van der Waals surface area contributed by atoms with Crippen molar-refractivity contribution in [3.63, 3.8) is 0 Å². The molecule has 0 aliphatic heterocycles. The monoisotopic (exact) mass is 281 g/mol. The van der Waals surface area contributed by atoms with Gasteiger partial charge in [-0.15, -0.1) is 12.3 Å². The number of nitrogens with one attached hydrogen (secondary N) is 1. The van der Waals surface area contributed by atoms with Crippen molar-refractivity contribution in [1.29, 1.82) is 0 Å². The number of esters is 1. The summed E-state index contributed by atoms with van der Waals surface area (Å²) >= 11 is 0. The number of amides is 1. The fourth-order valence-electron chi connectivity index (χ4n) is 2.11. The zero-order valence-electron chi connectivity index (χ0n) is 11.6. The van der Waals surface area contributed by atoms with Gasteiger partial charge in [-0.3, -0.25) is 4.79 Å². The van der Waals surface area contributed by atoms with Gasteiger partial charge < -0.3 is 10.1 Å². The van der Waals surface area contributed by atoms with Crippen molar-refractivity contribution in [2.75, 3.05) is 7.11 Å². The van der Waals surface area contributed by atoms with E-state index in [1.54, 1.807) is 12.1 Å². The van der Waals surface area contributed by atoms with Crippen LogP contribution in [0.5, 0.6) is 0 Å². The summed E-state index contributed by atoms with van der Waals surface area (Å²) in [4.78, 5) is 24.0. The van der Waals surface area contributed by atoms with E-state index in [4.69, 9.17) is 6.42 Å². The number of terminal acetylenes is 1. The van der Waals surface area contributed by atoms with Gasteiger partial charge in [-0.05, 0) is 16.8 Å². The van der Waals surface area contributed by atoms with E-state index in [0.717, 1.165) is 10.8 Å². The third-order valence-corrected chi connectivity index (χ3v) is 3.15. The number of hydrogen-bond acceptors (Lipinski definition) is 3. The van der Waals surface area contributed by atoms with E-state index in [9.17, 15) is 9.59 Å². The summed E-state index contributed by atoms with van der Waals surface area (Å²) in [5, 5.41) is 4.40. The number of methoxy groups -OCH3 is 1. The van der Waals surface area contributed by atoms with Gasteiger partial charge in [0.1, 0.15) is 6.04 Å². The first-order chi connectivity index (χ1) is 10.2. The molecule has 0 heterocycles. The molecule has 2 aromatic carbocycles. The highest BCUT2D eigenvalue weighted by atomic mass is 16.5. The first-order valence-electron chi connectivity index (χ1n) is 6.47. The molecule has 1 amide bonds. The molecular formula is C17H15NO3. The summed E-state index contributed by atoms with van der Waals surface area (Å²) in [6.45, 7) is 0. The Bertz CT molecular complexity index is 710. The highest BCUT2D eigenvalue weighted by molar-refractivity contribution is 6.07. The van der Waals surface area contributed by atoms with E-state index in [0.29, 0.717) is 5.56 Å². The lowest BCUT2D eigenvalue weighted by Crippen LogP contribution is -2.41. The predicted octanol–water partition coefficient (Wildman–Crippen LogP) is 2.13. The molecule has 0 saturated heterocycles. The highest BCUT2D eigenvalue weighted by Gasteiger charge is 2.21.